The van der Waals surface area contributed by atoms with Crippen LogP contribution in [0.15, 0.2) is 24.3 Å². The largest absolute Gasteiger partial charge is 0.395 e. The highest BCUT2D eigenvalue weighted by Gasteiger charge is 2.34. The van der Waals surface area contributed by atoms with E-state index in [1.165, 1.54) is 12.8 Å². The van der Waals surface area contributed by atoms with E-state index in [4.69, 9.17) is 22.4 Å². The fraction of sp³-hybridized carbons (Fsp3) is 0.538. The Hall–Kier alpha value is -0.610. The lowest BCUT2D eigenvalue weighted by Gasteiger charge is -2.31. The molecule has 0 aliphatic heterocycles. The topological polar surface area (TPSA) is 49.5 Å². The van der Waals surface area contributed by atoms with Gasteiger partial charge in [-0.2, -0.15) is 0 Å². The first-order valence-electron chi connectivity index (χ1n) is 6.09. The Labute approximate surface area is 107 Å². The van der Waals surface area contributed by atoms with Crippen molar-refractivity contribution in [2.45, 2.75) is 24.9 Å². The second-order valence-corrected chi connectivity index (χ2v) is 4.87. The Bertz CT molecular complexity index is 368. The minimum atomic E-state index is 0.114. The number of hydrogen-bond acceptors (Lipinski definition) is 3. The zero-order valence-electron chi connectivity index (χ0n) is 9.85. The van der Waals surface area contributed by atoms with Gasteiger partial charge in [0.2, 0.25) is 0 Å². The third-order valence-electron chi connectivity index (χ3n) is 3.26. The van der Waals surface area contributed by atoms with E-state index in [0.717, 1.165) is 10.6 Å². The van der Waals surface area contributed by atoms with Crippen molar-refractivity contribution in [2.75, 3.05) is 19.7 Å². The summed E-state index contributed by atoms with van der Waals surface area (Å²) in [6, 6.07) is 8.49. The van der Waals surface area contributed by atoms with Crippen molar-refractivity contribution in [2.24, 2.45) is 5.73 Å². The van der Waals surface area contributed by atoms with Crippen molar-refractivity contribution in [3.05, 3.63) is 34.9 Å². The van der Waals surface area contributed by atoms with Gasteiger partial charge in [0.25, 0.3) is 0 Å². The number of hydrogen-bond donors (Lipinski definition) is 2. The summed E-state index contributed by atoms with van der Waals surface area (Å²) in [5.41, 5.74) is 6.96. The molecule has 1 unspecified atom stereocenters. The van der Waals surface area contributed by atoms with Crippen LogP contribution in [-0.2, 0) is 0 Å². The van der Waals surface area contributed by atoms with E-state index in [1.807, 2.05) is 24.3 Å². The van der Waals surface area contributed by atoms with Gasteiger partial charge in [-0.1, -0.05) is 29.8 Å². The Kier molecular flexibility index (Phi) is 4.40. The first kappa shape index (κ1) is 12.8. The molecule has 0 amide bonds. The molecule has 1 fully saturated rings. The number of nitrogens with zero attached hydrogens (tertiary/aromatic N) is 1. The highest BCUT2D eigenvalue weighted by Crippen LogP contribution is 2.35. The molecule has 94 valence electrons. The molecule has 1 aliphatic carbocycles. The van der Waals surface area contributed by atoms with E-state index < -0.39 is 0 Å². The van der Waals surface area contributed by atoms with Crippen LogP contribution < -0.4 is 5.73 Å². The van der Waals surface area contributed by atoms with Crippen molar-refractivity contribution in [3.8, 4) is 0 Å². The van der Waals surface area contributed by atoms with Gasteiger partial charge in [0.15, 0.2) is 0 Å². The maximum atomic E-state index is 9.16. The van der Waals surface area contributed by atoms with Crippen molar-refractivity contribution in [1.29, 1.82) is 0 Å². The lowest BCUT2D eigenvalue weighted by Crippen LogP contribution is -2.37. The molecule has 2 rings (SSSR count). The monoisotopic (exact) mass is 254 g/mol. The highest BCUT2D eigenvalue weighted by molar-refractivity contribution is 6.31. The van der Waals surface area contributed by atoms with Gasteiger partial charge in [-0.05, 0) is 24.5 Å². The maximum Gasteiger partial charge on any atom is 0.0558 e. The van der Waals surface area contributed by atoms with Crippen LogP contribution in [0.25, 0.3) is 0 Å². The fourth-order valence-electron chi connectivity index (χ4n) is 2.30. The predicted molar refractivity (Wildman–Crippen MR) is 70.1 cm³/mol. The SMILES string of the molecule is NCC(c1ccccc1Cl)N(CCO)C1CC1. The number of nitrogens with two attached hydrogens (primary N) is 1. The molecule has 4 heteroatoms. The number of benzene rings is 1. The van der Waals surface area contributed by atoms with Crippen molar-refractivity contribution in [1.82, 2.24) is 4.90 Å². The molecule has 1 atom stereocenters. The van der Waals surface area contributed by atoms with Crippen molar-refractivity contribution < 1.29 is 5.11 Å². The summed E-state index contributed by atoms with van der Waals surface area (Å²) in [5.74, 6) is 0. The molecule has 0 saturated heterocycles. The van der Waals surface area contributed by atoms with Gasteiger partial charge < -0.3 is 10.8 Å². The third-order valence-corrected chi connectivity index (χ3v) is 3.61. The molecule has 0 heterocycles. The van der Waals surface area contributed by atoms with E-state index in [-0.39, 0.29) is 12.6 Å². The number of aliphatic hydroxyl groups is 1. The summed E-state index contributed by atoms with van der Waals surface area (Å²) in [7, 11) is 0. The Morgan fingerprint density at radius 1 is 1.41 bits per heavy atom. The molecule has 0 bridgehead atoms. The molecule has 3 nitrogen and oxygen atoms in total. The molecule has 0 aromatic heterocycles. The number of halogens is 1. The Morgan fingerprint density at radius 2 is 2.12 bits per heavy atom. The van der Waals surface area contributed by atoms with E-state index in [0.29, 0.717) is 19.1 Å². The van der Waals surface area contributed by atoms with Crippen LogP contribution in [0.5, 0.6) is 0 Å². The fourth-order valence-corrected chi connectivity index (χ4v) is 2.56. The molecule has 0 radical (unpaired) electrons. The smallest absolute Gasteiger partial charge is 0.0558 e. The Morgan fingerprint density at radius 3 is 2.65 bits per heavy atom. The van der Waals surface area contributed by atoms with Crippen LogP contribution in [0.4, 0.5) is 0 Å². The minimum absolute atomic E-state index is 0.114. The Balaban J connectivity index is 2.21. The molecule has 1 aromatic carbocycles. The zero-order chi connectivity index (χ0) is 12.3. The molecule has 17 heavy (non-hydrogen) atoms. The van der Waals surface area contributed by atoms with Crippen LogP contribution >= 0.6 is 11.6 Å². The predicted octanol–water partition coefficient (Wildman–Crippen LogP) is 1.80. The number of rotatable bonds is 6. The van der Waals surface area contributed by atoms with Gasteiger partial charge in [-0.25, -0.2) is 0 Å². The summed E-state index contributed by atoms with van der Waals surface area (Å²) in [6.07, 6.45) is 2.39. The van der Waals surface area contributed by atoms with Crippen molar-refractivity contribution in [3.63, 3.8) is 0 Å². The molecule has 0 spiro atoms. The van der Waals surface area contributed by atoms with E-state index >= 15 is 0 Å². The van der Waals surface area contributed by atoms with Crippen LogP contribution in [0.2, 0.25) is 5.02 Å². The standard InChI is InChI=1S/C13H19ClN2O/c14-12-4-2-1-3-11(12)13(9-15)16(7-8-17)10-5-6-10/h1-4,10,13,17H,5-9,15H2. The zero-order valence-corrected chi connectivity index (χ0v) is 10.6. The minimum Gasteiger partial charge on any atom is -0.395 e. The molecular weight excluding hydrogens is 236 g/mol. The van der Waals surface area contributed by atoms with Gasteiger partial charge in [0.1, 0.15) is 0 Å². The first-order chi connectivity index (χ1) is 8.27. The van der Waals surface area contributed by atoms with Crippen LogP contribution in [-0.4, -0.2) is 35.7 Å². The summed E-state index contributed by atoms with van der Waals surface area (Å²) in [4.78, 5) is 2.28. The second-order valence-electron chi connectivity index (χ2n) is 4.47. The quantitative estimate of drug-likeness (QED) is 0.814. The summed E-state index contributed by atoms with van der Waals surface area (Å²) in [5, 5.41) is 9.91. The molecule has 1 aromatic rings. The summed E-state index contributed by atoms with van der Waals surface area (Å²) < 4.78 is 0. The van der Waals surface area contributed by atoms with Gasteiger partial charge in [-0.3, -0.25) is 4.90 Å². The van der Waals surface area contributed by atoms with Gasteiger partial charge >= 0.3 is 0 Å². The van der Waals surface area contributed by atoms with E-state index in [2.05, 4.69) is 4.90 Å². The lowest BCUT2D eigenvalue weighted by molar-refractivity contribution is 0.145. The molecular formula is C13H19ClN2O. The third kappa shape index (κ3) is 2.99. The van der Waals surface area contributed by atoms with E-state index in [1.54, 1.807) is 0 Å². The average molecular weight is 255 g/mol. The van der Waals surface area contributed by atoms with Crippen molar-refractivity contribution >= 4 is 11.6 Å². The van der Waals surface area contributed by atoms with Crippen LogP contribution in [0, 0.1) is 0 Å². The second kappa shape index (κ2) is 5.83. The molecule has 3 N–H and O–H groups in total. The van der Waals surface area contributed by atoms with Gasteiger partial charge in [0.05, 0.1) is 6.61 Å². The average Bonchev–Trinajstić information content (AvgIpc) is 3.15. The molecule has 1 saturated carbocycles. The summed E-state index contributed by atoms with van der Waals surface area (Å²) in [6.45, 7) is 1.36. The van der Waals surface area contributed by atoms with Crippen LogP contribution in [0.3, 0.4) is 0 Å². The lowest BCUT2D eigenvalue weighted by atomic mass is 10.0. The maximum absolute atomic E-state index is 9.16. The normalized spacial score (nSPS) is 17.4. The molecule has 1 aliphatic rings. The number of aliphatic hydroxyl groups excluding tert-OH is 1. The first-order valence-corrected chi connectivity index (χ1v) is 6.46. The highest BCUT2D eigenvalue weighted by atomic mass is 35.5. The van der Waals surface area contributed by atoms with Gasteiger partial charge in [-0.15, -0.1) is 0 Å². The van der Waals surface area contributed by atoms with Gasteiger partial charge in [0, 0.05) is 30.2 Å². The van der Waals surface area contributed by atoms with E-state index in [9.17, 15) is 0 Å². The summed E-state index contributed by atoms with van der Waals surface area (Å²) >= 11 is 6.22. The van der Waals surface area contributed by atoms with Crippen LogP contribution in [0.1, 0.15) is 24.4 Å².